The number of hydrogen-bond acceptors (Lipinski definition) is 9. The van der Waals surface area contributed by atoms with Crippen LogP contribution in [0.1, 0.15) is 11.3 Å². The third-order valence-corrected chi connectivity index (χ3v) is 7.38. The Morgan fingerprint density at radius 3 is 2.51 bits per heavy atom. The number of aromatic nitrogens is 4. The molecule has 5 aromatic rings. The SMILES string of the molecule is Cc1cc(-c2cc(-c3ccccc3)ncc2Oc2ccc(S(=O)(=O)Nc3ncns3)cc2C#N)ccn1. The van der Waals surface area contributed by atoms with Gasteiger partial charge in [-0.05, 0) is 48.9 Å². The van der Waals surface area contributed by atoms with Crippen molar-refractivity contribution in [1.82, 2.24) is 19.3 Å². The van der Waals surface area contributed by atoms with Crippen LogP contribution in [0.4, 0.5) is 5.13 Å². The van der Waals surface area contributed by atoms with E-state index in [0.29, 0.717) is 5.75 Å². The van der Waals surface area contributed by atoms with Crippen LogP contribution in [-0.4, -0.2) is 27.7 Å². The van der Waals surface area contributed by atoms with Gasteiger partial charge < -0.3 is 4.74 Å². The van der Waals surface area contributed by atoms with Gasteiger partial charge in [0.25, 0.3) is 10.0 Å². The minimum absolute atomic E-state index is 0.0455. The zero-order valence-electron chi connectivity index (χ0n) is 19.4. The fourth-order valence-corrected chi connectivity index (χ4v) is 5.28. The molecule has 0 amide bonds. The molecule has 0 saturated heterocycles. The Labute approximate surface area is 217 Å². The normalized spacial score (nSPS) is 11.0. The first kappa shape index (κ1) is 24.1. The Morgan fingerprint density at radius 2 is 1.78 bits per heavy atom. The number of sulfonamides is 1. The van der Waals surface area contributed by atoms with E-state index in [2.05, 4.69) is 24.0 Å². The number of aryl methyl sites for hydroxylation is 1. The lowest BCUT2D eigenvalue weighted by Crippen LogP contribution is -2.13. The molecule has 0 atom stereocenters. The van der Waals surface area contributed by atoms with Crippen LogP contribution in [0, 0.1) is 18.3 Å². The van der Waals surface area contributed by atoms with Gasteiger partial charge in [-0.15, -0.1) is 0 Å². The second kappa shape index (κ2) is 10.1. The third-order valence-electron chi connectivity index (χ3n) is 5.33. The van der Waals surface area contributed by atoms with Gasteiger partial charge in [-0.3, -0.25) is 14.7 Å². The number of ether oxygens (including phenoxy) is 1. The number of benzene rings is 2. The summed E-state index contributed by atoms with van der Waals surface area (Å²) >= 11 is 0.907. The van der Waals surface area contributed by atoms with Crippen LogP contribution in [0.15, 0.2) is 90.3 Å². The van der Waals surface area contributed by atoms with Crippen LogP contribution in [-0.2, 0) is 10.0 Å². The van der Waals surface area contributed by atoms with E-state index < -0.39 is 10.0 Å². The average Bonchev–Trinajstić information content (AvgIpc) is 3.42. The van der Waals surface area contributed by atoms with E-state index >= 15 is 0 Å². The highest BCUT2D eigenvalue weighted by molar-refractivity contribution is 7.93. The standard InChI is InChI=1S/C26H18N6O3S2/c1-17-11-19(9-10-28-17)22-13-23(18-5-3-2-4-6-18)29-15-25(22)35-24-8-7-21(12-20(24)14-27)37(33,34)32-26-30-16-31-36-26/h2-13,15-16H,1H3,(H,30,31,32). The summed E-state index contributed by atoms with van der Waals surface area (Å²) in [6, 6.07) is 21.5. The molecule has 0 radical (unpaired) electrons. The van der Waals surface area contributed by atoms with Crippen LogP contribution >= 0.6 is 11.5 Å². The average molecular weight is 527 g/mol. The van der Waals surface area contributed by atoms with Crippen LogP contribution in [0.3, 0.4) is 0 Å². The van der Waals surface area contributed by atoms with Crippen molar-refractivity contribution >= 4 is 26.7 Å². The number of nitrogens with one attached hydrogen (secondary N) is 1. The van der Waals surface area contributed by atoms with Gasteiger partial charge in [-0.2, -0.15) is 9.64 Å². The van der Waals surface area contributed by atoms with E-state index in [0.717, 1.165) is 39.6 Å². The summed E-state index contributed by atoms with van der Waals surface area (Å²) in [5, 5.41) is 9.90. The molecular formula is C26H18N6O3S2. The van der Waals surface area contributed by atoms with Gasteiger partial charge in [0.15, 0.2) is 5.75 Å². The first-order valence-electron chi connectivity index (χ1n) is 10.9. The molecule has 1 N–H and O–H groups in total. The zero-order valence-corrected chi connectivity index (χ0v) is 21.0. The maximum absolute atomic E-state index is 12.7. The first-order valence-corrected chi connectivity index (χ1v) is 13.2. The summed E-state index contributed by atoms with van der Waals surface area (Å²) in [4.78, 5) is 12.6. The monoisotopic (exact) mass is 526 g/mol. The molecule has 0 unspecified atom stereocenters. The van der Waals surface area contributed by atoms with Crippen molar-refractivity contribution in [3.05, 3.63) is 96.7 Å². The van der Waals surface area contributed by atoms with E-state index in [1.54, 1.807) is 12.4 Å². The van der Waals surface area contributed by atoms with Gasteiger partial charge in [-0.25, -0.2) is 13.4 Å². The van der Waals surface area contributed by atoms with E-state index in [1.807, 2.05) is 61.5 Å². The van der Waals surface area contributed by atoms with Crippen LogP contribution < -0.4 is 9.46 Å². The predicted octanol–water partition coefficient (Wildman–Crippen LogP) is 5.44. The minimum atomic E-state index is -3.97. The highest BCUT2D eigenvalue weighted by Crippen LogP contribution is 2.37. The van der Waals surface area contributed by atoms with Gasteiger partial charge in [0.1, 0.15) is 18.1 Å². The Kier molecular flexibility index (Phi) is 6.59. The number of anilines is 1. The van der Waals surface area contributed by atoms with Crippen LogP contribution in [0.5, 0.6) is 11.5 Å². The summed E-state index contributed by atoms with van der Waals surface area (Å²) < 4.78 is 37.8. The smallest absolute Gasteiger partial charge is 0.263 e. The van der Waals surface area contributed by atoms with E-state index in [-0.39, 0.29) is 21.3 Å². The molecule has 0 bridgehead atoms. The molecule has 37 heavy (non-hydrogen) atoms. The fourth-order valence-electron chi connectivity index (χ4n) is 3.59. The minimum Gasteiger partial charge on any atom is -0.454 e. The second-order valence-electron chi connectivity index (χ2n) is 7.84. The van der Waals surface area contributed by atoms with E-state index in [4.69, 9.17) is 4.74 Å². The quantitative estimate of drug-likeness (QED) is 0.297. The molecule has 0 aliphatic carbocycles. The Hall–Kier alpha value is -4.66. The second-order valence-corrected chi connectivity index (χ2v) is 10.3. The van der Waals surface area contributed by atoms with Gasteiger partial charge in [0.05, 0.1) is 22.3 Å². The molecule has 2 aromatic carbocycles. The van der Waals surface area contributed by atoms with E-state index in [1.165, 1.54) is 24.5 Å². The maximum atomic E-state index is 12.7. The summed E-state index contributed by atoms with van der Waals surface area (Å²) in [5.74, 6) is 0.600. The van der Waals surface area contributed by atoms with Crippen molar-refractivity contribution in [2.45, 2.75) is 11.8 Å². The number of hydrogen-bond donors (Lipinski definition) is 1. The molecule has 9 nitrogen and oxygen atoms in total. The van der Waals surface area contributed by atoms with Crippen LogP contribution in [0.25, 0.3) is 22.4 Å². The zero-order chi connectivity index (χ0) is 25.8. The van der Waals surface area contributed by atoms with Gasteiger partial charge in [0.2, 0.25) is 5.13 Å². The van der Waals surface area contributed by atoms with Crippen molar-refractivity contribution in [2.24, 2.45) is 0 Å². The lowest BCUT2D eigenvalue weighted by atomic mass is 10.0. The van der Waals surface area contributed by atoms with Crippen LogP contribution in [0.2, 0.25) is 0 Å². The molecule has 0 saturated carbocycles. The highest BCUT2D eigenvalue weighted by Gasteiger charge is 2.20. The summed E-state index contributed by atoms with van der Waals surface area (Å²) in [5.41, 5.74) is 4.18. The molecule has 182 valence electrons. The molecule has 0 aliphatic rings. The van der Waals surface area contributed by atoms with Crippen molar-refractivity contribution in [1.29, 1.82) is 5.26 Å². The third kappa shape index (κ3) is 5.30. The molecular weight excluding hydrogens is 508 g/mol. The molecule has 0 fully saturated rings. The van der Waals surface area contributed by atoms with E-state index in [9.17, 15) is 13.7 Å². The van der Waals surface area contributed by atoms with Gasteiger partial charge in [0, 0.05) is 34.6 Å². The van der Waals surface area contributed by atoms with Crippen molar-refractivity contribution < 1.29 is 13.2 Å². The Balaban J connectivity index is 1.54. The number of pyridine rings is 2. The summed E-state index contributed by atoms with van der Waals surface area (Å²) in [6.45, 7) is 1.89. The maximum Gasteiger partial charge on any atom is 0.263 e. The number of rotatable bonds is 7. The lowest BCUT2D eigenvalue weighted by Gasteiger charge is -2.15. The molecule has 3 aromatic heterocycles. The van der Waals surface area contributed by atoms with Crippen molar-refractivity contribution in [2.75, 3.05) is 4.72 Å². The Morgan fingerprint density at radius 1 is 0.946 bits per heavy atom. The lowest BCUT2D eigenvalue weighted by molar-refractivity contribution is 0.480. The largest absolute Gasteiger partial charge is 0.454 e. The molecule has 11 heteroatoms. The topological polar surface area (TPSA) is 131 Å². The van der Waals surface area contributed by atoms with Gasteiger partial charge >= 0.3 is 0 Å². The van der Waals surface area contributed by atoms with Crippen molar-refractivity contribution in [3.63, 3.8) is 0 Å². The highest BCUT2D eigenvalue weighted by atomic mass is 32.2. The molecule has 0 aliphatic heterocycles. The van der Waals surface area contributed by atoms with Crippen molar-refractivity contribution in [3.8, 4) is 40.0 Å². The number of nitriles is 1. The molecule has 3 heterocycles. The first-order chi connectivity index (χ1) is 17.9. The van der Waals surface area contributed by atoms with Gasteiger partial charge in [-0.1, -0.05) is 30.3 Å². The molecule has 5 rings (SSSR count). The predicted molar refractivity (Wildman–Crippen MR) is 140 cm³/mol. The summed E-state index contributed by atoms with van der Waals surface area (Å²) in [6.07, 6.45) is 4.55. The molecule has 0 spiro atoms. The fraction of sp³-hybridized carbons (Fsp3) is 0.0385. The Bertz CT molecular complexity index is 1720. The summed E-state index contributed by atoms with van der Waals surface area (Å²) in [7, 11) is -3.97. The number of nitrogens with zero attached hydrogens (tertiary/aromatic N) is 5.